The third-order valence-electron chi connectivity index (χ3n) is 1.66. The molecule has 1 aromatic rings. The van der Waals surface area contributed by atoms with Crippen LogP contribution in [0.15, 0.2) is 4.52 Å². The average Bonchev–Trinajstić information content (AvgIpc) is 2.34. The normalized spacial score (nSPS) is 16.4. The first-order chi connectivity index (χ1) is 5.11. The maximum Gasteiger partial charge on any atom is 0.232 e. The highest BCUT2D eigenvalue weighted by molar-refractivity contribution is 4.92. The largest absolute Gasteiger partial charge is 0.393 e. The predicted molar refractivity (Wildman–Crippen MR) is 39.1 cm³/mol. The van der Waals surface area contributed by atoms with Gasteiger partial charge in [0, 0.05) is 0 Å². The van der Waals surface area contributed by atoms with Crippen LogP contribution >= 0.6 is 0 Å². The van der Waals surface area contributed by atoms with Crippen LogP contribution in [0.5, 0.6) is 0 Å². The quantitative estimate of drug-likeness (QED) is 0.690. The van der Waals surface area contributed by atoms with Crippen LogP contribution in [0.3, 0.4) is 0 Å². The number of hydrogen-bond donors (Lipinski definition) is 1. The summed E-state index contributed by atoms with van der Waals surface area (Å²) in [6, 6.07) is 0. The van der Waals surface area contributed by atoms with E-state index in [4.69, 9.17) is 9.63 Å². The monoisotopic (exact) mass is 156 g/mol. The van der Waals surface area contributed by atoms with Gasteiger partial charge in [0.05, 0.1) is 12.0 Å². The number of aromatic nitrogens is 2. The molecule has 0 aliphatic heterocycles. The molecule has 1 N–H and O–H groups in total. The van der Waals surface area contributed by atoms with E-state index in [0.29, 0.717) is 11.7 Å². The van der Waals surface area contributed by atoms with Gasteiger partial charge in [-0.25, -0.2) is 0 Å². The molecule has 0 saturated carbocycles. The maximum absolute atomic E-state index is 9.16. The average molecular weight is 156 g/mol. The highest BCUT2D eigenvalue weighted by atomic mass is 16.5. The van der Waals surface area contributed by atoms with Crippen molar-refractivity contribution in [1.29, 1.82) is 0 Å². The van der Waals surface area contributed by atoms with Crippen molar-refractivity contribution in [2.45, 2.75) is 32.8 Å². The molecule has 0 amide bonds. The molecule has 0 aliphatic carbocycles. The zero-order valence-corrected chi connectivity index (χ0v) is 6.90. The van der Waals surface area contributed by atoms with Crippen LogP contribution in [0.25, 0.3) is 0 Å². The minimum Gasteiger partial charge on any atom is -0.393 e. The van der Waals surface area contributed by atoms with Crippen molar-refractivity contribution in [3.05, 3.63) is 11.7 Å². The van der Waals surface area contributed by atoms with Gasteiger partial charge in [-0.1, -0.05) is 12.1 Å². The summed E-state index contributed by atoms with van der Waals surface area (Å²) < 4.78 is 4.87. The summed E-state index contributed by atoms with van der Waals surface area (Å²) in [4.78, 5) is 3.99. The van der Waals surface area contributed by atoms with E-state index in [-0.39, 0.29) is 5.92 Å². The molecule has 0 aliphatic rings. The molecule has 1 aromatic heterocycles. The molecular weight excluding hydrogens is 144 g/mol. The number of nitrogens with zero attached hydrogens (tertiary/aromatic N) is 2. The zero-order valence-electron chi connectivity index (χ0n) is 6.90. The Bertz CT molecular complexity index is 232. The summed E-state index contributed by atoms with van der Waals surface area (Å²) in [7, 11) is 0. The second kappa shape index (κ2) is 3.00. The third kappa shape index (κ3) is 1.77. The molecular formula is C7H12N2O2. The highest BCUT2D eigenvalue weighted by Crippen LogP contribution is 2.15. The van der Waals surface area contributed by atoms with Crippen molar-refractivity contribution in [2.75, 3.05) is 0 Å². The molecule has 0 radical (unpaired) electrons. The van der Waals surface area contributed by atoms with Gasteiger partial charge in [-0.3, -0.25) is 0 Å². The summed E-state index contributed by atoms with van der Waals surface area (Å²) in [5.74, 6) is 1.02. The van der Waals surface area contributed by atoms with E-state index >= 15 is 0 Å². The molecule has 4 nitrogen and oxygen atoms in total. The molecule has 11 heavy (non-hydrogen) atoms. The van der Waals surface area contributed by atoms with Gasteiger partial charge < -0.3 is 9.63 Å². The molecule has 0 aromatic carbocycles. The van der Waals surface area contributed by atoms with Gasteiger partial charge in [0.25, 0.3) is 0 Å². The Labute approximate surface area is 65.2 Å². The summed E-state index contributed by atoms with van der Waals surface area (Å²) >= 11 is 0. The Kier molecular flexibility index (Phi) is 2.24. The number of aliphatic hydroxyl groups excluding tert-OH is 1. The van der Waals surface area contributed by atoms with Crippen LogP contribution in [0.2, 0.25) is 0 Å². The van der Waals surface area contributed by atoms with Crippen molar-refractivity contribution in [1.82, 2.24) is 10.1 Å². The lowest BCUT2D eigenvalue weighted by Crippen LogP contribution is -2.11. The van der Waals surface area contributed by atoms with E-state index in [9.17, 15) is 0 Å². The Morgan fingerprint density at radius 3 is 2.45 bits per heavy atom. The first kappa shape index (κ1) is 8.20. The molecule has 1 rings (SSSR count). The molecule has 62 valence electrons. The Morgan fingerprint density at radius 2 is 2.09 bits per heavy atom. The lowest BCUT2D eigenvalue weighted by Gasteiger charge is -2.07. The first-order valence-electron chi connectivity index (χ1n) is 3.59. The standard InChI is InChI=1S/C7H12N2O2/c1-4(5(2)10)7-8-6(3)9-11-7/h4-5,10H,1-3H3. The van der Waals surface area contributed by atoms with Crippen LogP contribution in [-0.4, -0.2) is 21.4 Å². The second-order valence-electron chi connectivity index (χ2n) is 2.71. The number of aryl methyl sites for hydroxylation is 1. The van der Waals surface area contributed by atoms with E-state index < -0.39 is 6.10 Å². The molecule has 0 fully saturated rings. The summed E-state index contributed by atoms with van der Waals surface area (Å²) in [5, 5.41) is 12.8. The van der Waals surface area contributed by atoms with Crippen LogP contribution in [0.1, 0.15) is 31.5 Å². The van der Waals surface area contributed by atoms with E-state index in [1.54, 1.807) is 13.8 Å². The maximum atomic E-state index is 9.16. The fourth-order valence-corrected chi connectivity index (χ4v) is 0.704. The van der Waals surface area contributed by atoms with Crippen molar-refractivity contribution in [2.24, 2.45) is 0 Å². The van der Waals surface area contributed by atoms with Gasteiger partial charge in [0.2, 0.25) is 5.89 Å². The van der Waals surface area contributed by atoms with Crippen molar-refractivity contribution in [3.8, 4) is 0 Å². The lowest BCUT2D eigenvalue weighted by molar-refractivity contribution is 0.151. The Hall–Kier alpha value is -0.900. The summed E-state index contributed by atoms with van der Waals surface area (Å²) in [6.45, 7) is 5.30. The second-order valence-corrected chi connectivity index (χ2v) is 2.71. The van der Waals surface area contributed by atoms with Crippen LogP contribution in [0.4, 0.5) is 0 Å². The zero-order chi connectivity index (χ0) is 8.43. The number of hydrogen-bond acceptors (Lipinski definition) is 4. The van der Waals surface area contributed by atoms with Gasteiger partial charge in [-0.05, 0) is 13.8 Å². The minimum atomic E-state index is -0.449. The Morgan fingerprint density at radius 1 is 1.45 bits per heavy atom. The van der Waals surface area contributed by atoms with E-state index in [1.807, 2.05) is 6.92 Å². The SMILES string of the molecule is Cc1noc(C(C)C(C)O)n1. The van der Waals surface area contributed by atoms with E-state index in [0.717, 1.165) is 0 Å². The van der Waals surface area contributed by atoms with Gasteiger partial charge in [0.15, 0.2) is 5.82 Å². The smallest absolute Gasteiger partial charge is 0.232 e. The topological polar surface area (TPSA) is 59.2 Å². The molecule has 0 saturated heterocycles. The third-order valence-corrected chi connectivity index (χ3v) is 1.66. The molecule has 1 heterocycles. The van der Waals surface area contributed by atoms with Crippen LogP contribution in [-0.2, 0) is 0 Å². The molecule has 2 unspecified atom stereocenters. The van der Waals surface area contributed by atoms with Crippen LogP contribution in [0, 0.1) is 6.92 Å². The molecule has 0 spiro atoms. The number of aliphatic hydroxyl groups is 1. The fraction of sp³-hybridized carbons (Fsp3) is 0.714. The summed E-state index contributed by atoms with van der Waals surface area (Å²) in [5.41, 5.74) is 0. The van der Waals surface area contributed by atoms with Gasteiger partial charge >= 0.3 is 0 Å². The van der Waals surface area contributed by atoms with Crippen molar-refractivity contribution < 1.29 is 9.63 Å². The summed E-state index contributed by atoms with van der Waals surface area (Å²) in [6.07, 6.45) is -0.449. The van der Waals surface area contributed by atoms with Gasteiger partial charge in [0.1, 0.15) is 0 Å². The molecule has 4 heteroatoms. The highest BCUT2D eigenvalue weighted by Gasteiger charge is 2.17. The van der Waals surface area contributed by atoms with Crippen LogP contribution < -0.4 is 0 Å². The first-order valence-corrected chi connectivity index (χ1v) is 3.59. The van der Waals surface area contributed by atoms with E-state index in [2.05, 4.69) is 10.1 Å². The minimum absolute atomic E-state index is 0.0869. The Balaban J connectivity index is 2.76. The number of rotatable bonds is 2. The predicted octanol–water partition coefficient (Wildman–Crippen LogP) is 0.862. The van der Waals surface area contributed by atoms with E-state index in [1.165, 1.54) is 0 Å². The van der Waals surface area contributed by atoms with Gasteiger partial charge in [-0.15, -0.1) is 0 Å². The fourth-order valence-electron chi connectivity index (χ4n) is 0.704. The lowest BCUT2D eigenvalue weighted by atomic mass is 10.1. The van der Waals surface area contributed by atoms with Crippen molar-refractivity contribution in [3.63, 3.8) is 0 Å². The van der Waals surface area contributed by atoms with Gasteiger partial charge in [-0.2, -0.15) is 4.98 Å². The van der Waals surface area contributed by atoms with Crippen molar-refractivity contribution >= 4 is 0 Å². The molecule has 2 atom stereocenters. The molecule has 0 bridgehead atoms.